The second-order valence-corrected chi connectivity index (χ2v) is 8.29. The van der Waals surface area contributed by atoms with Gasteiger partial charge in [0.2, 0.25) is 5.91 Å². The zero-order chi connectivity index (χ0) is 20.8. The lowest BCUT2D eigenvalue weighted by Gasteiger charge is -2.19. The monoisotopic (exact) mass is 426 g/mol. The average Bonchev–Trinajstić information content (AvgIpc) is 3.46. The van der Waals surface area contributed by atoms with Crippen molar-refractivity contribution in [1.82, 2.24) is 20.0 Å². The van der Waals surface area contributed by atoms with Gasteiger partial charge < -0.3 is 14.8 Å². The van der Waals surface area contributed by atoms with Crippen LogP contribution in [0.1, 0.15) is 31.4 Å². The number of hydroxylamine groups is 2. The van der Waals surface area contributed by atoms with E-state index in [-0.39, 0.29) is 37.4 Å². The second kappa shape index (κ2) is 10.2. The third-order valence-electron chi connectivity index (χ3n) is 4.83. The molecule has 3 N–H and O–H groups in total. The number of imide groups is 1. The fourth-order valence-electron chi connectivity index (χ4n) is 2.81. The Morgan fingerprint density at radius 1 is 1.41 bits per heavy atom. The van der Waals surface area contributed by atoms with Crippen molar-refractivity contribution in [3.63, 3.8) is 0 Å². The molecule has 1 aromatic rings. The highest BCUT2D eigenvalue weighted by molar-refractivity contribution is 7.97. The van der Waals surface area contributed by atoms with Gasteiger partial charge in [-0.2, -0.15) is 5.06 Å². The molecule has 1 saturated carbocycles. The van der Waals surface area contributed by atoms with Crippen LogP contribution in [-0.4, -0.2) is 65.6 Å². The Morgan fingerprint density at radius 3 is 2.90 bits per heavy atom. The summed E-state index contributed by atoms with van der Waals surface area (Å²) in [5.74, 6) is 0.789. The van der Waals surface area contributed by atoms with Gasteiger partial charge in [0.25, 0.3) is 0 Å². The molecule has 10 heteroatoms. The normalized spacial score (nSPS) is 17.7. The van der Waals surface area contributed by atoms with E-state index in [0.29, 0.717) is 30.6 Å². The maximum Gasteiger partial charge on any atom is 0.324 e. The zero-order valence-corrected chi connectivity index (χ0v) is 17.2. The van der Waals surface area contributed by atoms with Crippen LogP contribution in [0.25, 0.3) is 0 Å². The van der Waals surface area contributed by atoms with Crippen LogP contribution >= 0.6 is 11.9 Å². The molecular weight excluding hydrogens is 399 g/mol. The molecule has 1 unspecified atom stereocenters. The van der Waals surface area contributed by atoms with E-state index >= 15 is 0 Å². The number of hydrogen-bond acceptors (Lipinski definition) is 7. The summed E-state index contributed by atoms with van der Waals surface area (Å²) in [6.45, 7) is 3.51. The highest BCUT2D eigenvalue weighted by atomic mass is 32.2. The van der Waals surface area contributed by atoms with Crippen molar-refractivity contribution in [3.05, 3.63) is 29.6 Å². The minimum atomic E-state index is -0.423. The first kappa shape index (κ1) is 21.8. The molecule has 3 rings (SSSR count). The average molecular weight is 427 g/mol. The molecule has 29 heavy (non-hydrogen) atoms. The van der Waals surface area contributed by atoms with Crippen LogP contribution in [0.15, 0.2) is 18.2 Å². The van der Waals surface area contributed by atoms with Gasteiger partial charge in [0.1, 0.15) is 6.54 Å². The van der Waals surface area contributed by atoms with Crippen LogP contribution in [0.4, 0.5) is 9.18 Å². The first-order valence-corrected chi connectivity index (χ1v) is 10.7. The molecule has 3 amide bonds. The smallest absolute Gasteiger partial charge is 0.324 e. The predicted octanol–water partition coefficient (Wildman–Crippen LogP) is 2.16. The van der Waals surface area contributed by atoms with E-state index in [0.717, 1.165) is 23.5 Å². The molecule has 1 atom stereocenters. The summed E-state index contributed by atoms with van der Waals surface area (Å²) in [7, 11) is 0. The lowest BCUT2D eigenvalue weighted by Crippen LogP contribution is -2.36. The molecule has 160 valence electrons. The summed E-state index contributed by atoms with van der Waals surface area (Å²) in [5.41, 5.74) is 0.926. The van der Waals surface area contributed by atoms with Crippen molar-refractivity contribution >= 4 is 23.9 Å². The van der Waals surface area contributed by atoms with E-state index in [1.54, 1.807) is 12.1 Å². The molecule has 1 heterocycles. The predicted molar refractivity (Wildman–Crippen MR) is 107 cm³/mol. The number of benzene rings is 1. The van der Waals surface area contributed by atoms with Crippen LogP contribution in [-0.2, 0) is 4.79 Å². The number of carbonyl (C=O) groups excluding carboxylic acids is 2. The quantitative estimate of drug-likeness (QED) is 0.204. The first-order valence-electron chi connectivity index (χ1n) is 9.74. The Morgan fingerprint density at radius 2 is 2.21 bits per heavy atom. The number of nitrogens with zero attached hydrogens (tertiary/aromatic N) is 2. The summed E-state index contributed by atoms with van der Waals surface area (Å²) in [6, 6.07) is 4.45. The summed E-state index contributed by atoms with van der Waals surface area (Å²) in [4.78, 5) is 23.9. The van der Waals surface area contributed by atoms with E-state index in [1.165, 1.54) is 22.9 Å². The van der Waals surface area contributed by atoms with Crippen LogP contribution in [0.2, 0.25) is 0 Å². The Hall–Kier alpha value is -1.88. The van der Waals surface area contributed by atoms with E-state index in [1.807, 2.05) is 6.92 Å². The fourth-order valence-corrected chi connectivity index (χ4v) is 3.61. The maximum absolute atomic E-state index is 13.9. The number of rotatable bonds is 12. The molecule has 1 aliphatic heterocycles. The Kier molecular flexibility index (Phi) is 7.70. The molecule has 2 fully saturated rings. The number of urea groups is 1. The molecule has 2 aliphatic rings. The van der Waals surface area contributed by atoms with Crippen molar-refractivity contribution in [2.45, 2.75) is 25.8 Å². The van der Waals surface area contributed by atoms with Crippen LogP contribution in [0, 0.1) is 11.7 Å². The molecule has 1 aliphatic carbocycles. The molecule has 0 radical (unpaired) electrons. The van der Waals surface area contributed by atoms with Crippen molar-refractivity contribution < 1.29 is 23.9 Å². The summed E-state index contributed by atoms with van der Waals surface area (Å²) in [6.07, 6.45) is 2.31. The highest BCUT2D eigenvalue weighted by Gasteiger charge is 2.26. The molecule has 0 spiro atoms. The van der Waals surface area contributed by atoms with Crippen LogP contribution in [0.5, 0.6) is 5.75 Å². The Balaban J connectivity index is 1.33. The molecule has 1 saturated heterocycles. The molecule has 1 aromatic carbocycles. The van der Waals surface area contributed by atoms with Gasteiger partial charge in [0.15, 0.2) is 11.6 Å². The van der Waals surface area contributed by atoms with Crippen LogP contribution in [0.3, 0.4) is 0 Å². The molecule has 0 bridgehead atoms. The number of ether oxygens (including phenoxy) is 1. The fraction of sp³-hybridized carbons (Fsp3) is 0.579. The number of amides is 3. The number of halogens is 1. The Labute approximate surface area is 173 Å². The van der Waals surface area contributed by atoms with Gasteiger partial charge in [0.05, 0.1) is 6.61 Å². The summed E-state index contributed by atoms with van der Waals surface area (Å²) in [5, 5.41) is 13.2. The van der Waals surface area contributed by atoms with Gasteiger partial charge in [-0.05, 0) is 43.4 Å². The van der Waals surface area contributed by atoms with Crippen molar-refractivity contribution in [1.29, 1.82) is 0 Å². The van der Waals surface area contributed by atoms with Crippen molar-refractivity contribution in [2.24, 2.45) is 5.92 Å². The van der Waals surface area contributed by atoms with Crippen LogP contribution < -0.4 is 14.8 Å². The molecule has 0 aromatic heterocycles. The minimum Gasteiger partial charge on any atom is -0.490 e. The number of carbonyl (C=O) groups is 2. The lowest BCUT2D eigenvalue weighted by molar-refractivity contribution is -0.118. The molecule has 8 nitrogen and oxygen atoms in total. The summed E-state index contributed by atoms with van der Waals surface area (Å²) >= 11 is 1.45. The Bertz CT molecular complexity index is 734. The minimum absolute atomic E-state index is 0.0182. The second-order valence-electron chi connectivity index (χ2n) is 7.36. The number of hydrogen-bond donors (Lipinski definition) is 3. The van der Waals surface area contributed by atoms with Gasteiger partial charge in [-0.3, -0.25) is 14.8 Å². The SMILES string of the molecule is CC(NSCCN(O)CCN1CC(=O)NC1=O)c1ccc(F)c(OCC2CC2)c1. The topological polar surface area (TPSA) is 94.1 Å². The third-order valence-corrected chi connectivity index (χ3v) is 5.74. The van der Waals surface area contributed by atoms with Gasteiger partial charge in [0, 0.05) is 31.4 Å². The van der Waals surface area contributed by atoms with Gasteiger partial charge in [-0.1, -0.05) is 18.0 Å². The zero-order valence-electron chi connectivity index (χ0n) is 16.4. The van der Waals surface area contributed by atoms with E-state index in [9.17, 15) is 19.2 Å². The standard InChI is InChI=1S/C19H27FN4O4S/c1-13(15-4-5-16(20)17(10-15)28-12-14-2-3-14)22-29-9-8-24(27)7-6-23-11-18(25)21-19(23)26/h4-5,10,13-14,22,27H,2-3,6-9,11-12H2,1H3,(H,21,25,26). The van der Waals surface area contributed by atoms with E-state index in [4.69, 9.17) is 4.74 Å². The van der Waals surface area contributed by atoms with Crippen molar-refractivity contribution in [2.75, 3.05) is 38.5 Å². The third kappa shape index (κ3) is 6.84. The maximum atomic E-state index is 13.9. The summed E-state index contributed by atoms with van der Waals surface area (Å²) < 4.78 is 22.8. The van der Waals surface area contributed by atoms with E-state index < -0.39 is 6.03 Å². The van der Waals surface area contributed by atoms with Gasteiger partial charge in [-0.25, -0.2) is 9.18 Å². The van der Waals surface area contributed by atoms with Crippen molar-refractivity contribution in [3.8, 4) is 5.75 Å². The van der Waals surface area contributed by atoms with Gasteiger partial charge >= 0.3 is 6.03 Å². The number of nitrogens with one attached hydrogen (secondary N) is 2. The molecular formula is C19H27FN4O4S. The first-order chi connectivity index (χ1) is 13.9. The highest BCUT2D eigenvalue weighted by Crippen LogP contribution is 2.31. The largest absolute Gasteiger partial charge is 0.490 e. The van der Waals surface area contributed by atoms with Gasteiger partial charge in [-0.15, -0.1) is 0 Å². The lowest BCUT2D eigenvalue weighted by atomic mass is 10.1. The van der Waals surface area contributed by atoms with E-state index in [2.05, 4.69) is 10.0 Å².